The normalized spacial score (nSPS) is 11.9. The zero-order valence-electron chi connectivity index (χ0n) is 11.4. The van der Waals surface area contributed by atoms with Crippen molar-refractivity contribution < 1.29 is 19.4 Å². The van der Waals surface area contributed by atoms with Crippen LogP contribution in [0.1, 0.15) is 17.3 Å². The number of aliphatic hydroxyl groups excluding tert-OH is 1. The SMILES string of the molecule is COc1cc(C(=O)N(C)CC(C)O)cc(Cl)c1OC. The molecule has 0 aliphatic carbocycles. The first-order chi connectivity index (χ1) is 8.90. The lowest BCUT2D eigenvalue weighted by Crippen LogP contribution is -2.33. The topological polar surface area (TPSA) is 59.0 Å². The van der Waals surface area contributed by atoms with Crippen molar-refractivity contribution in [2.24, 2.45) is 0 Å². The van der Waals surface area contributed by atoms with Crippen LogP contribution in [0.5, 0.6) is 11.5 Å². The number of methoxy groups -OCH3 is 2. The fourth-order valence-electron chi connectivity index (χ4n) is 1.74. The second-order valence-electron chi connectivity index (χ2n) is 4.23. The van der Waals surface area contributed by atoms with Crippen LogP contribution in [0.15, 0.2) is 12.1 Å². The van der Waals surface area contributed by atoms with E-state index in [1.54, 1.807) is 20.0 Å². The number of rotatable bonds is 5. The van der Waals surface area contributed by atoms with Gasteiger partial charge in [-0.05, 0) is 19.1 Å². The van der Waals surface area contributed by atoms with Crippen molar-refractivity contribution in [1.82, 2.24) is 4.90 Å². The quantitative estimate of drug-likeness (QED) is 0.897. The van der Waals surface area contributed by atoms with Crippen molar-refractivity contribution in [1.29, 1.82) is 0 Å². The number of hydrogen-bond donors (Lipinski definition) is 1. The number of carbonyl (C=O) groups excluding carboxylic acids is 1. The summed E-state index contributed by atoms with van der Waals surface area (Å²) in [6, 6.07) is 3.08. The number of amides is 1. The van der Waals surface area contributed by atoms with Crippen LogP contribution < -0.4 is 9.47 Å². The van der Waals surface area contributed by atoms with Gasteiger partial charge < -0.3 is 19.5 Å². The second kappa shape index (κ2) is 6.63. The minimum atomic E-state index is -0.593. The predicted octanol–water partition coefficient (Wildman–Crippen LogP) is 1.81. The fraction of sp³-hybridized carbons (Fsp3) is 0.462. The van der Waals surface area contributed by atoms with Crippen LogP contribution in [0.3, 0.4) is 0 Å². The number of hydrogen-bond acceptors (Lipinski definition) is 4. The molecule has 1 rings (SSSR count). The highest BCUT2D eigenvalue weighted by Gasteiger charge is 2.18. The molecule has 0 heterocycles. The van der Waals surface area contributed by atoms with Gasteiger partial charge in [-0.1, -0.05) is 11.6 Å². The maximum atomic E-state index is 12.2. The average molecular weight is 288 g/mol. The summed E-state index contributed by atoms with van der Waals surface area (Å²) in [4.78, 5) is 13.6. The lowest BCUT2D eigenvalue weighted by atomic mass is 10.1. The van der Waals surface area contributed by atoms with Crippen molar-refractivity contribution in [2.45, 2.75) is 13.0 Å². The van der Waals surface area contributed by atoms with Crippen molar-refractivity contribution >= 4 is 17.5 Å². The molecule has 1 atom stereocenters. The molecule has 1 aromatic rings. The molecule has 106 valence electrons. The van der Waals surface area contributed by atoms with E-state index in [2.05, 4.69) is 0 Å². The lowest BCUT2D eigenvalue weighted by Gasteiger charge is -2.19. The smallest absolute Gasteiger partial charge is 0.253 e. The van der Waals surface area contributed by atoms with E-state index in [0.29, 0.717) is 22.1 Å². The van der Waals surface area contributed by atoms with E-state index in [1.807, 2.05) is 0 Å². The molecule has 5 nitrogen and oxygen atoms in total. The first-order valence-electron chi connectivity index (χ1n) is 5.75. The van der Waals surface area contributed by atoms with Crippen LogP contribution in [-0.2, 0) is 0 Å². The Bertz CT molecular complexity index is 462. The van der Waals surface area contributed by atoms with Gasteiger partial charge >= 0.3 is 0 Å². The summed E-state index contributed by atoms with van der Waals surface area (Å²) in [7, 11) is 4.56. The van der Waals surface area contributed by atoms with E-state index in [-0.39, 0.29) is 12.5 Å². The fourth-order valence-corrected chi connectivity index (χ4v) is 2.03. The van der Waals surface area contributed by atoms with E-state index in [4.69, 9.17) is 21.1 Å². The molecular weight excluding hydrogens is 270 g/mol. The molecule has 0 aliphatic rings. The molecule has 0 aliphatic heterocycles. The molecule has 0 fully saturated rings. The highest BCUT2D eigenvalue weighted by atomic mass is 35.5. The highest BCUT2D eigenvalue weighted by Crippen LogP contribution is 2.36. The summed E-state index contributed by atoms with van der Waals surface area (Å²) >= 11 is 6.04. The Morgan fingerprint density at radius 1 is 1.42 bits per heavy atom. The van der Waals surface area contributed by atoms with E-state index in [1.165, 1.54) is 25.2 Å². The van der Waals surface area contributed by atoms with Gasteiger partial charge in [0.25, 0.3) is 5.91 Å². The number of halogens is 1. The Hall–Kier alpha value is -1.46. The average Bonchev–Trinajstić information content (AvgIpc) is 2.35. The number of ether oxygens (including phenoxy) is 2. The lowest BCUT2D eigenvalue weighted by molar-refractivity contribution is 0.0703. The predicted molar refractivity (Wildman–Crippen MR) is 73.2 cm³/mol. The van der Waals surface area contributed by atoms with Crippen molar-refractivity contribution in [2.75, 3.05) is 27.8 Å². The Kier molecular flexibility index (Phi) is 5.44. The van der Waals surface area contributed by atoms with Gasteiger partial charge in [0.15, 0.2) is 11.5 Å². The first-order valence-corrected chi connectivity index (χ1v) is 6.13. The molecule has 0 aromatic heterocycles. The van der Waals surface area contributed by atoms with Gasteiger partial charge in [-0.15, -0.1) is 0 Å². The molecule has 1 amide bonds. The van der Waals surface area contributed by atoms with Gasteiger partial charge in [0.05, 0.1) is 25.3 Å². The zero-order valence-corrected chi connectivity index (χ0v) is 12.2. The van der Waals surface area contributed by atoms with Gasteiger partial charge in [0, 0.05) is 19.2 Å². The summed E-state index contributed by atoms with van der Waals surface area (Å²) in [6.45, 7) is 1.86. The second-order valence-corrected chi connectivity index (χ2v) is 4.64. The molecule has 0 saturated heterocycles. The Morgan fingerprint density at radius 2 is 2.05 bits per heavy atom. The number of nitrogens with zero attached hydrogens (tertiary/aromatic N) is 1. The van der Waals surface area contributed by atoms with Gasteiger partial charge in [0.2, 0.25) is 0 Å². The van der Waals surface area contributed by atoms with Crippen LogP contribution in [0.4, 0.5) is 0 Å². The monoisotopic (exact) mass is 287 g/mol. The van der Waals surface area contributed by atoms with E-state index < -0.39 is 6.10 Å². The molecule has 0 spiro atoms. The molecule has 19 heavy (non-hydrogen) atoms. The maximum Gasteiger partial charge on any atom is 0.253 e. The standard InChI is InChI=1S/C13H18ClNO4/c1-8(16)7-15(2)13(17)9-5-10(14)12(19-4)11(6-9)18-3/h5-6,8,16H,7H2,1-4H3. The third kappa shape index (κ3) is 3.75. The Morgan fingerprint density at radius 3 is 2.53 bits per heavy atom. The highest BCUT2D eigenvalue weighted by molar-refractivity contribution is 6.32. The van der Waals surface area contributed by atoms with Crippen LogP contribution in [0.25, 0.3) is 0 Å². The number of benzene rings is 1. The van der Waals surface area contributed by atoms with Crippen molar-refractivity contribution in [3.05, 3.63) is 22.7 Å². The van der Waals surface area contributed by atoms with Crippen molar-refractivity contribution in [3.63, 3.8) is 0 Å². The first kappa shape index (κ1) is 15.6. The third-order valence-corrected chi connectivity index (χ3v) is 2.85. The van der Waals surface area contributed by atoms with Gasteiger partial charge in [-0.2, -0.15) is 0 Å². The summed E-state index contributed by atoms with van der Waals surface area (Å²) in [5, 5.41) is 9.59. The number of likely N-dealkylation sites (N-methyl/N-ethyl adjacent to an activating group) is 1. The van der Waals surface area contributed by atoms with Gasteiger partial charge in [-0.25, -0.2) is 0 Å². The molecule has 1 unspecified atom stereocenters. The number of carbonyl (C=O) groups is 1. The van der Waals surface area contributed by atoms with Gasteiger partial charge in [0.1, 0.15) is 0 Å². The molecule has 1 aromatic carbocycles. The number of aliphatic hydroxyl groups is 1. The van der Waals surface area contributed by atoms with Crippen LogP contribution in [0.2, 0.25) is 5.02 Å². The van der Waals surface area contributed by atoms with Crippen LogP contribution >= 0.6 is 11.6 Å². The minimum absolute atomic E-state index is 0.241. The minimum Gasteiger partial charge on any atom is -0.493 e. The van der Waals surface area contributed by atoms with E-state index in [9.17, 15) is 9.90 Å². The Balaban J connectivity index is 3.08. The molecule has 1 N–H and O–H groups in total. The molecular formula is C13H18ClNO4. The molecule has 0 bridgehead atoms. The third-order valence-electron chi connectivity index (χ3n) is 2.57. The largest absolute Gasteiger partial charge is 0.493 e. The maximum absolute atomic E-state index is 12.2. The summed E-state index contributed by atoms with van der Waals surface area (Å²) < 4.78 is 10.2. The van der Waals surface area contributed by atoms with Crippen molar-refractivity contribution in [3.8, 4) is 11.5 Å². The molecule has 0 radical (unpaired) electrons. The Labute approximate surface area is 117 Å². The van der Waals surface area contributed by atoms with Gasteiger partial charge in [-0.3, -0.25) is 4.79 Å². The van der Waals surface area contributed by atoms with Crippen LogP contribution in [-0.4, -0.2) is 49.8 Å². The summed E-state index contributed by atoms with van der Waals surface area (Å²) in [5.41, 5.74) is 0.380. The van der Waals surface area contributed by atoms with Crippen LogP contribution in [0, 0.1) is 0 Å². The van der Waals surface area contributed by atoms with E-state index >= 15 is 0 Å². The molecule has 0 saturated carbocycles. The summed E-state index contributed by atoms with van der Waals surface area (Å²) in [5.74, 6) is 0.534. The summed E-state index contributed by atoms with van der Waals surface area (Å²) in [6.07, 6.45) is -0.593. The molecule has 6 heteroatoms. The zero-order chi connectivity index (χ0) is 14.6. The van der Waals surface area contributed by atoms with E-state index in [0.717, 1.165) is 0 Å².